The van der Waals surface area contributed by atoms with Gasteiger partial charge in [-0.05, 0) is 12.1 Å². The number of rotatable bonds is 2. The standard InChI is InChI=1S/C9H7N3O2/c13-9(14)8-10-6-11-12(8)7-4-2-1-3-5-7/h1-6H,(H,13,14). The minimum atomic E-state index is -1.09. The average Bonchev–Trinajstić information content (AvgIpc) is 2.67. The lowest BCUT2D eigenvalue weighted by Gasteiger charge is -2.01. The molecule has 0 radical (unpaired) electrons. The molecule has 0 saturated carbocycles. The fourth-order valence-corrected chi connectivity index (χ4v) is 1.15. The van der Waals surface area contributed by atoms with Gasteiger partial charge in [0.05, 0.1) is 5.69 Å². The molecule has 0 aliphatic rings. The largest absolute Gasteiger partial charge is 0.475 e. The summed E-state index contributed by atoms with van der Waals surface area (Å²) < 4.78 is 1.28. The zero-order valence-corrected chi connectivity index (χ0v) is 7.16. The molecule has 5 heteroatoms. The van der Waals surface area contributed by atoms with Crippen molar-refractivity contribution in [1.29, 1.82) is 0 Å². The molecule has 1 heterocycles. The number of aromatic carboxylic acids is 1. The fraction of sp³-hybridized carbons (Fsp3) is 0. The molecule has 70 valence electrons. The fourth-order valence-electron chi connectivity index (χ4n) is 1.15. The lowest BCUT2D eigenvalue weighted by molar-refractivity contribution is 0.0680. The maximum atomic E-state index is 10.7. The van der Waals surface area contributed by atoms with Gasteiger partial charge in [-0.25, -0.2) is 14.5 Å². The van der Waals surface area contributed by atoms with E-state index in [9.17, 15) is 4.79 Å². The van der Waals surface area contributed by atoms with Gasteiger partial charge in [-0.2, -0.15) is 5.10 Å². The number of carbonyl (C=O) groups is 1. The second kappa shape index (κ2) is 3.29. The number of hydrogen-bond donors (Lipinski definition) is 1. The first kappa shape index (κ1) is 8.43. The monoisotopic (exact) mass is 189 g/mol. The molecule has 0 fully saturated rings. The predicted molar refractivity (Wildman–Crippen MR) is 48.3 cm³/mol. The maximum absolute atomic E-state index is 10.7. The van der Waals surface area contributed by atoms with Gasteiger partial charge in [0.25, 0.3) is 0 Å². The van der Waals surface area contributed by atoms with Crippen LogP contribution in [0.2, 0.25) is 0 Å². The zero-order chi connectivity index (χ0) is 9.97. The van der Waals surface area contributed by atoms with Gasteiger partial charge < -0.3 is 5.11 Å². The molecule has 0 atom stereocenters. The number of aromatic nitrogens is 3. The van der Waals surface area contributed by atoms with Crippen molar-refractivity contribution < 1.29 is 9.90 Å². The van der Waals surface area contributed by atoms with Gasteiger partial charge in [0.1, 0.15) is 6.33 Å². The topological polar surface area (TPSA) is 68.0 Å². The van der Waals surface area contributed by atoms with Crippen molar-refractivity contribution in [1.82, 2.24) is 14.8 Å². The molecule has 1 N–H and O–H groups in total. The third-order valence-electron chi connectivity index (χ3n) is 1.74. The van der Waals surface area contributed by atoms with E-state index < -0.39 is 5.97 Å². The molecule has 0 bridgehead atoms. The van der Waals surface area contributed by atoms with E-state index in [2.05, 4.69) is 10.1 Å². The second-order valence-electron chi connectivity index (χ2n) is 2.64. The quantitative estimate of drug-likeness (QED) is 0.764. The summed E-state index contributed by atoms with van der Waals surface area (Å²) >= 11 is 0. The number of carboxylic acids is 1. The van der Waals surface area contributed by atoms with Crippen molar-refractivity contribution in [2.24, 2.45) is 0 Å². The van der Waals surface area contributed by atoms with Crippen molar-refractivity contribution >= 4 is 5.97 Å². The van der Waals surface area contributed by atoms with Crippen LogP contribution in [0.25, 0.3) is 5.69 Å². The van der Waals surface area contributed by atoms with Gasteiger partial charge in [0, 0.05) is 0 Å². The molecule has 14 heavy (non-hydrogen) atoms. The number of para-hydroxylation sites is 1. The summed E-state index contributed by atoms with van der Waals surface area (Å²) in [7, 11) is 0. The van der Waals surface area contributed by atoms with E-state index in [0.29, 0.717) is 5.69 Å². The minimum Gasteiger partial charge on any atom is -0.475 e. The highest BCUT2D eigenvalue weighted by Crippen LogP contribution is 2.07. The lowest BCUT2D eigenvalue weighted by atomic mass is 10.3. The van der Waals surface area contributed by atoms with Crippen LogP contribution in [0.15, 0.2) is 36.7 Å². The second-order valence-corrected chi connectivity index (χ2v) is 2.64. The van der Waals surface area contributed by atoms with Crippen molar-refractivity contribution in [3.8, 4) is 5.69 Å². The number of hydrogen-bond acceptors (Lipinski definition) is 3. The Kier molecular flexibility index (Phi) is 1.98. The smallest absolute Gasteiger partial charge is 0.374 e. The summed E-state index contributed by atoms with van der Waals surface area (Å²) in [5.41, 5.74) is 0.683. The van der Waals surface area contributed by atoms with Gasteiger partial charge in [0.15, 0.2) is 0 Å². The summed E-state index contributed by atoms with van der Waals surface area (Å²) in [4.78, 5) is 14.4. The van der Waals surface area contributed by atoms with E-state index in [1.807, 2.05) is 18.2 Å². The van der Waals surface area contributed by atoms with Crippen LogP contribution in [-0.4, -0.2) is 25.8 Å². The highest BCUT2D eigenvalue weighted by Gasteiger charge is 2.12. The number of benzene rings is 1. The molecule has 0 saturated heterocycles. The molecule has 0 unspecified atom stereocenters. The Morgan fingerprint density at radius 3 is 2.64 bits per heavy atom. The molecule has 2 rings (SSSR count). The zero-order valence-electron chi connectivity index (χ0n) is 7.16. The molecule has 1 aromatic carbocycles. The van der Waals surface area contributed by atoms with E-state index >= 15 is 0 Å². The van der Waals surface area contributed by atoms with E-state index in [1.165, 1.54) is 11.0 Å². The summed E-state index contributed by atoms with van der Waals surface area (Å²) in [6, 6.07) is 8.99. The first-order valence-electron chi connectivity index (χ1n) is 3.98. The van der Waals surface area contributed by atoms with E-state index in [0.717, 1.165) is 0 Å². The van der Waals surface area contributed by atoms with Crippen molar-refractivity contribution in [3.63, 3.8) is 0 Å². The van der Waals surface area contributed by atoms with Crippen LogP contribution in [0.1, 0.15) is 10.6 Å². The van der Waals surface area contributed by atoms with Crippen molar-refractivity contribution in [3.05, 3.63) is 42.5 Å². The highest BCUT2D eigenvalue weighted by atomic mass is 16.4. The van der Waals surface area contributed by atoms with Gasteiger partial charge in [-0.15, -0.1) is 0 Å². The summed E-state index contributed by atoms with van der Waals surface area (Å²) in [6.07, 6.45) is 1.22. The van der Waals surface area contributed by atoms with Gasteiger partial charge in [-0.1, -0.05) is 18.2 Å². The molecule has 0 aliphatic heterocycles. The first-order chi connectivity index (χ1) is 6.79. The number of carboxylic acid groups (broad SMARTS) is 1. The van der Waals surface area contributed by atoms with E-state index in [1.54, 1.807) is 12.1 Å². The predicted octanol–water partition coefficient (Wildman–Crippen LogP) is 0.965. The van der Waals surface area contributed by atoms with Crippen molar-refractivity contribution in [2.75, 3.05) is 0 Å². The van der Waals surface area contributed by atoms with Crippen LogP contribution in [0, 0.1) is 0 Å². The SMILES string of the molecule is O=C(O)c1ncnn1-c1ccccc1. The Bertz CT molecular complexity index is 450. The van der Waals surface area contributed by atoms with Gasteiger partial charge >= 0.3 is 5.97 Å². The van der Waals surface area contributed by atoms with E-state index in [4.69, 9.17) is 5.11 Å². The highest BCUT2D eigenvalue weighted by molar-refractivity contribution is 5.83. The molecule has 2 aromatic rings. The molecule has 1 aromatic heterocycles. The lowest BCUT2D eigenvalue weighted by Crippen LogP contribution is -2.08. The van der Waals surface area contributed by atoms with E-state index in [-0.39, 0.29) is 5.82 Å². The number of nitrogens with zero attached hydrogens (tertiary/aromatic N) is 3. The molecule has 0 amide bonds. The van der Waals surface area contributed by atoms with Crippen LogP contribution in [0.3, 0.4) is 0 Å². The maximum Gasteiger partial charge on any atom is 0.374 e. The Hall–Kier alpha value is -2.17. The van der Waals surface area contributed by atoms with Crippen LogP contribution >= 0.6 is 0 Å². The van der Waals surface area contributed by atoms with Gasteiger partial charge in [0.2, 0.25) is 5.82 Å². The normalized spacial score (nSPS) is 10.0. The Morgan fingerprint density at radius 1 is 1.29 bits per heavy atom. The molecular formula is C9H7N3O2. The Balaban J connectivity index is 2.52. The Labute approximate surface area is 79.6 Å². The Morgan fingerprint density at radius 2 is 2.00 bits per heavy atom. The molecule has 0 spiro atoms. The van der Waals surface area contributed by atoms with Crippen molar-refractivity contribution in [2.45, 2.75) is 0 Å². The van der Waals surface area contributed by atoms with Gasteiger partial charge in [-0.3, -0.25) is 0 Å². The third-order valence-corrected chi connectivity index (χ3v) is 1.74. The van der Waals surface area contributed by atoms with Crippen LogP contribution in [0.5, 0.6) is 0 Å². The molecule has 0 aliphatic carbocycles. The van der Waals surface area contributed by atoms with Crippen LogP contribution in [0.4, 0.5) is 0 Å². The molecular weight excluding hydrogens is 182 g/mol. The molecule has 5 nitrogen and oxygen atoms in total. The van der Waals surface area contributed by atoms with Crippen LogP contribution in [-0.2, 0) is 0 Å². The first-order valence-corrected chi connectivity index (χ1v) is 3.98. The third kappa shape index (κ3) is 1.35. The average molecular weight is 189 g/mol. The summed E-state index contributed by atoms with van der Waals surface area (Å²) in [5.74, 6) is -1.18. The summed E-state index contributed by atoms with van der Waals surface area (Å²) in [6.45, 7) is 0. The summed E-state index contributed by atoms with van der Waals surface area (Å²) in [5, 5.41) is 12.6. The minimum absolute atomic E-state index is 0.0869. The van der Waals surface area contributed by atoms with Crippen LogP contribution < -0.4 is 0 Å².